The van der Waals surface area contributed by atoms with Gasteiger partial charge in [0.1, 0.15) is 0 Å². The zero-order valence-corrected chi connectivity index (χ0v) is 15.1. The molecular weight excluding hydrogens is 346 g/mol. The van der Waals surface area contributed by atoms with Crippen LogP contribution in [0, 0.1) is 11.8 Å². The SMILES string of the molecule is O=C(O)C1CCC(C(=O)N2CCSCC2c2ccc(Cl)cc2)CC1. The van der Waals surface area contributed by atoms with Gasteiger partial charge in [-0.1, -0.05) is 23.7 Å². The summed E-state index contributed by atoms with van der Waals surface area (Å²) < 4.78 is 0. The van der Waals surface area contributed by atoms with Gasteiger partial charge in [0.2, 0.25) is 5.91 Å². The van der Waals surface area contributed by atoms with E-state index in [0.29, 0.717) is 30.7 Å². The highest BCUT2D eigenvalue weighted by molar-refractivity contribution is 7.99. The van der Waals surface area contributed by atoms with Crippen LogP contribution >= 0.6 is 23.4 Å². The highest BCUT2D eigenvalue weighted by Gasteiger charge is 2.36. The average molecular weight is 368 g/mol. The van der Waals surface area contributed by atoms with Gasteiger partial charge in [-0.25, -0.2) is 0 Å². The van der Waals surface area contributed by atoms with Crippen LogP contribution in [-0.4, -0.2) is 39.9 Å². The van der Waals surface area contributed by atoms with Crippen LogP contribution in [0.3, 0.4) is 0 Å². The van der Waals surface area contributed by atoms with E-state index in [9.17, 15) is 9.59 Å². The summed E-state index contributed by atoms with van der Waals surface area (Å²) in [6.45, 7) is 0.760. The molecule has 130 valence electrons. The Balaban J connectivity index is 1.70. The summed E-state index contributed by atoms with van der Waals surface area (Å²) in [6, 6.07) is 7.83. The third kappa shape index (κ3) is 3.89. The van der Waals surface area contributed by atoms with Crippen LogP contribution < -0.4 is 0 Å². The lowest BCUT2D eigenvalue weighted by atomic mass is 9.81. The first kappa shape index (κ1) is 17.6. The van der Waals surface area contributed by atoms with Gasteiger partial charge in [0, 0.05) is 29.0 Å². The number of thioether (sulfide) groups is 1. The maximum atomic E-state index is 13.0. The largest absolute Gasteiger partial charge is 0.481 e. The molecule has 1 N–H and O–H groups in total. The number of carbonyl (C=O) groups excluding carboxylic acids is 1. The van der Waals surface area contributed by atoms with Crippen molar-refractivity contribution in [3.63, 3.8) is 0 Å². The quantitative estimate of drug-likeness (QED) is 0.881. The van der Waals surface area contributed by atoms with Gasteiger partial charge < -0.3 is 10.0 Å². The fourth-order valence-electron chi connectivity index (χ4n) is 3.65. The number of carboxylic acids is 1. The smallest absolute Gasteiger partial charge is 0.306 e. The molecule has 0 spiro atoms. The second-order valence-electron chi connectivity index (χ2n) is 6.56. The van der Waals surface area contributed by atoms with Gasteiger partial charge in [-0.15, -0.1) is 0 Å². The van der Waals surface area contributed by atoms with Gasteiger partial charge in [0.05, 0.1) is 12.0 Å². The molecular formula is C18H22ClNO3S. The summed E-state index contributed by atoms with van der Waals surface area (Å²) in [5.41, 5.74) is 1.12. The van der Waals surface area contributed by atoms with Crippen molar-refractivity contribution >= 4 is 35.2 Å². The Hall–Kier alpha value is -1.20. The topological polar surface area (TPSA) is 57.6 Å². The number of amides is 1. The van der Waals surface area contributed by atoms with Gasteiger partial charge in [-0.05, 0) is 43.4 Å². The lowest BCUT2D eigenvalue weighted by Crippen LogP contribution is -2.44. The van der Waals surface area contributed by atoms with Gasteiger partial charge >= 0.3 is 5.97 Å². The van der Waals surface area contributed by atoms with E-state index in [-0.39, 0.29) is 23.8 Å². The predicted molar refractivity (Wildman–Crippen MR) is 96.3 cm³/mol. The zero-order valence-electron chi connectivity index (χ0n) is 13.5. The van der Waals surface area contributed by atoms with Crippen molar-refractivity contribution in [3.8, 4) is 0 Å². The van der Waals surface area contributed by atoms with Crippen molar-refractivity contribution in [2.45, 2.75) is 31.7 Å². The fraction of sp³-hybridized carbons (Fsp3) is 0.556. The molecule has 1 atom stereocenters. The summed E-state index contributed by atoms with van der Waals surface area (Å²) in [5, 5.41) is 9.82. The predicted octanol–water partition coefficient (Wildman–Crippen LogP) is 3.85. The van der Waals surface area contributed by atoms with E-state index in [1.54, 1.807) is 0 Å². The molecule has 1 saturated heterocycles. The maximum absolute atomic E-state index is 13.0. The Morgan fingerprint density at radius 2 is 1.71 bits per heavy atom. The third-order valence-corrected chi connectivity index (χ3v) is 6.37. The van der Waals surface area contributed by atoms with E-state index < -0.39 is 5.97 Å². The van der Waals surface area contributed by atoms with Gasteiger partial charge in [-0.2, -0.15) is 11.8 Å². The molecule has 2 fully saturated rings. The Labute approximate surface area is 151 Å². The van der Waals surface area contributed by atoms with Crippen LogP contribution in [0.2, 0.25) is 5.02 Å². The standard InChI is InChI=1S/C18H22ClNO3S/c19-15-7-5-12(6-8-15)16-11-24-10-9-20(16)17(21)13-1-3-14(4-2-13)18(22)23/h5-8,13-14,16H,1-4,9-11H2,(H,22,23). The Morgan fingerprint density at radius 1 is 1.08 bits per heavy atom. The van der Waals surface area contributed by atoms with Crippen molar-refractivity contribution in [1.29, 1.82) is 0 Å². The normalized spacial score (nSPS) is 27.7. The average Bonchev–Trinajstić information content (AvgIpc) is 2.62. The number of nitrogens with zero attached hydrogens (tertiary/aromatic N) is 1. The number of halogens is 1. The number of hydrogen-bond donors (Lipinski definition) is 1. The monoisotopic (exact) mass is 367 g/mol. The van der Waals surface area contributed by atoms with Crippen LogP contribution in [-0.2, 0) is 9.59 Å². The molecule has 1 aromatic rings. The Kier molecular flexibility index (Phi) is 5.72. The first-order chi connectivity index (χ1) is 11.6. The molecule has 4 nitrogen and oxygen atoms in total. The lowest BCUT2D eigenvalue weighted by Gasteiger charge is -2.39. The maximum Gasteiger partial charge on any atom is 0.306 e. The molecule has 6 heteroatoms. The molecule has 1 aliphatic carbocycles. The van der Waals surface area contributed by atoms with E-state index in [1.165, 1.54) is 0 Å². The molecule has 0 aromatic heterocycles. The van der Waals surface area contributed by atoms with Crippen LogP contribution in [0.25, 0.3) is 0 Å². The number of carbonyl (C=O) groups is 2. The van der Waals surface area contributed by atoms with Crippen LogP contribution in [0.5, 0.6) is 0 Å². The molecule has 1 heterocycles. The number of rotatable bonds is 3. The molecule has 1 unspecified atom stereocenters. The summed E-state index contributed by atoms with van der Waals surface area (Å²) >= 11 is 7.85. The molecule has 24 heavy (non-hydrogen) atoms. The Morgan fingerprint density at radius 3 is 2.33 bits per heavy atom. The van der Waals surface area contributed by atoms with Crippen molar-refractivity contribution in [2.24, 2.45) is 11.8 Å². The first-order valence-corrected chi connectivity index (χ1v) is 9.96. The van der Waals surface area contributed by atoms with Crippen molar-refractivity contribution in [1.82, 2.24) is 4.90 Å². The second kappa shape index (κ2) is 7.79. The summed E-state index contributed by atoms with van der Waals surface area (Å²) in [5.74, 6) is 1.02. The van der Waals surface area contributed by atoms with Gasteiger partial charge in [0.25, 0.3) is 0 Å². The highest BCUT2D eigenvalue weighted by Crippen LogP contribution is 2.35. The minimum Gasteiger partial charge on any atom is -0.481 e. The third-order valence-electron chi connectivity index (χ3n) is 5.09. The van der Waals surface area contributed by atoms with E-state index >= 15 is 0 Å². The highest BCUT2D eigenvalue weighted by atomic mass is 35.5. The van der Waals surface area contributed by atoms with Crippen molar-refractivity contribution in [3.05, 3.63) is 34.9 Å². The Bertz CT molecular complexity index is 599. The number of benzene rings is 1. The molecule has 3 rings (SSSR count). The van der Waals surface area contributed by atoms with Crippen LogP contribution in [0.15, 0.2) is 24.3 Å². The second-order valence-corrected chi connectivity index (χ2v) is 8.15. The van der Waals surface area contributed by atoms with E-state index in [0.717, 1.165) is 23.6 Å². The van der Waals surface area contributed by atoms with Crippen molar-refractivity contribution < 1.29 is 14.7 Å². The number of hydrogen-bond acceptors (Lipinski definition) is 3. The summed E-state index contributed by atoms with van der Waals surface area (Å²) in [4.78, 5) is 26.1. The fourth-order valence-corrected chi connectivity index (χ4v) is 4.86. The van der Waals surface area contributed by atoms with Gasteiger partial charge in [0.15, 0.2) is 0 Å². The molecule has 0 radical (unpaired) electrons. The van der Waals surface area contributed by atoms with E-state index in [1.807, 2.05) is 40.9 Å². The lowest BCUT2D eigenvalue weighted by molar-refractivity contribution is -0.146. The van der Waals surface area contributed by atoms with Gasteiger partial charge in [-0.3, -0.25) is 9.59 Å². The zero-order chi connectivity index (χ0) is 17.1. The minimum absolute atomic E-state index is 0.0292. The summed E-state index contributed by atoms with van der Waals surface area (Å²) in [7, 11) is 0. The number of carboxylic acid groups (broad SMARTS) is 1. The number of aliphatic carboxylic acids is 1. The van der Waals surface area contributed by atoms with Crippen LogP contribution in [0.4, 0.5) is 0 Å². The van der Waals surface area contributed by atoms with E-state index in [4.69, 9.17) is 16.7 Å². The molecule has 2 aliphatic rings. The first-order valence-electron chi connectivity index (χ1n) is 8.42. The van der Waals surface area contributed by atoms with Crippen LogP contribution in [0.1, 0.15) is 37.3 Å². The van der Waals surface area contributed by atoms with Crippen molar-refractivity contribution in [2.75, 3.05) is 18.1 Å². The molecule has 1 aromatic carbocycles. The summed E-state index contributed by atoms with van der Waals surface area (Å²) in [6.07, 6.45) is 2.60. The molecule has 0 bridgehead atoms. The minimum atomic E-state index is -0.727. The molecule has 1 saturated carbocycles. The van der Waals surface area contributed by atoms with E-state index in [2.05, 4.69) is 0 Å². The molecule has 1 aliphatic heterocycles. The molecule has 1 amide bonds.